The minimum atomic E-state index is -0.0665. The van der Waals surface area contributed by atoms with E-state index in [2.05, 4.69) is 11.9 Å². The van der Waals surface area contributed by atoms with Crippen molar-refractivity contribution >= 4 is 5.91 Å². The molecule has 3 N–H and O–H groups in total. The van der Waals surface area contributed by atoms with Crippen LogP contribution in [0.3, 0.4) is 0 Å². The number of hydrogen-bond acceptors (Lipinski definition) is 3. The Balaban J connectivity index is 2.02. The van der Waals surface area contributed by atoms with E-state index in [0.717, 1.165) is 6.42 Å². The van der Waals surface area contributed by atoms with Gasteiger partial charge in [0.15, 0.2) is 0 Å². The highest BCUT2D eigenvalue weighted by atomic mass is 16.5. The Morgan fingerprint density at radius 1 is 1.56 bits per heavy atom. The molecule has 0 fully saturated rings. The first-order chi connectivity index (χ1) is 7.74. The topological polar surface area (TPSA) is 64.3 Å². The Labute approximate surface area is 96.5 Å². The second-order valence-corrected chi connectivity index (χ2v) is 3.87. The van der Waals surface area contributed by atoms with Gasteiger partial charge in [0.1, 0.15) is 0 Å². The molecule has 0 saturated heterocycles. The monoisotopic (exact) mass is 224 g/mol. The normalized spacial score (nSPS) is 23.3. The van der Waals surface area contributed by atoms with Gasteiger partial charge in [-0.25, -0.2) is 0 Å². The van der Waals surface area contributed by atoms with Crippen molar-refractivity contribution in [2.75, 3.05) is 19.8 Å². The Kier molecular flexibility index (Phi) is 5.82. The molecule has 0 bridgehead atoms. The number of hydrogen-bond donors (Lipinski definition) is 2. The second-order valence-electron chi connectivity index (χ2n) is 3.87. The van der Waals surface area contributed by atoms with Crippen LogP contribution in [-0.4, -0.2) is 31.7 Å². The average molecular weight is 224 g/mol. The van der Waals surface area contributed by atoms with Crippen LogP contribution in [0.1, 0.15) is 12.8 Å². The van der Waals surface area contributed by atoms with E-state index in [1.165, 1.54) is 0 Å². The van der Waals surface area contributed by atoms with Gasteiger partial charge in [0, 0.05) is 12.6 Å². The SMILES string of the molecule is C=CCCOCCNC(=O)C1C=CC(N)C1. The lowest BCUT2D eigenvalue weighted by molar-refractivity contribution is -0.123. The third kappa shape index (κ3) is 4.59. The van der Waals surface area contributed by atoms with E-state index >= 15 is 0 Å². The predicted molar refractivity (Wildman–Crippen MR) is 63.9 cm³/mol. The van der Waals surface area contributed by atoms with Gasteiger partial charge < -0.3 is 15.8 Å². The molecule has 16 heavy (non-hydrogen) atoms. The van der Waals surface area contributed by atoms with Crippen molar-refractivity contribution in [3.8, 4) is 0 Å². The fraction of sp³-hybridized carbons (Fsp3) is 0.583. The van der Waals surface area contributed by atoms with Gasteiger partial charge in [0.25, 0.3) is 0 Å². The highest BCUT2D eigenvalue weighted by molar-refractivity contribution is 5.81. The fourth-order valence-corrected chi connectivity index (χ4v) is 1.57. The molecule has 2 unspecified atom stereocenters. The van der Waals surface area contributed by atoms with Gasteiger partial charge in [-0.2, -0.15) is 0 Å². The highest BCUT2D eigenvalue weighted by Gasteiger charge is 2.21. The third-order valence-electron chi connectivity index (χ3n) is 2.47. The zero-order valence-electron chi connectivity index (χ0n) is 9.52. The highest BCUT2D eigenvalue weighted by Crippen LogP contribution is 2.15. The molecule has 1 rings (SSSR count). The number of nitrogens with two attached hydrogens (primary N) is 1. The van der Waals surface area contributed by atoms with Crippen LogP contribution >= 0.6 is 0 Å². The molecule has 2 atom stereocenters. The van der Waals surface area contributed by atoms with Crippen LogP contribution in [0.15, 0.2) is 24.8 Å². The van der Waals surface area contributed by atoms with Crippen molar-refractivity contribution in [2.24, 2.45) is 11.7 Å². The summed E-state index contributed by atoms with van der Waals surface area (Å²) < 4.78 is 5.28. The maximum Gasteiger partial charge on any atom is 0.227 e. The standard InChI is InChI=1S/C12H20N2O2/c1-2-3-7-16-8-6-14-12(15)10-4-5-11(13)9-10/h2,4-5,10-11H,1,3,6-9,13H2,(H,14,15). The lowest BCUT2D eigenvalue weighted by Crippen LogP contribution is -2.33. The number of carbonyl (C=O) groups is 1. The fourth-order valence-electron chi connectivity index (χ4n) is 1.57. The first kappa shape index (κ1) is 12.9. The summed E-state index contributed by atoms with van der Waals surface area (Å²) in [5.74, 6) is -0.0281. The molecule has 4 heteroatoms. The molecule has 1 aliphatic rings. The van der Waals surface area contributed by atoms with Crippen molar-refractivity contribution in [1.82, 2.24) is 5.32 Å². The molecule has 0 spiro atoms. The van der Waals surface area contributed by atoms with Crippen LogP contribution in [0, 0.1) is 5.92 Å². The number of nitrogens with one attached hydrogen (secondary N) is 1. The van der Waals surface area contributed by atoms with Crippen LogP contribution in [0.5, 0.6) is 0 Å². The lowest BCUT2D eigenvalue weighted by Gasteiger charge is -2.10. The Morgan fingerprint density at radius 3 is 3.00 bits per heavy atom. The summed E-state index contributed by atoms with van der Waals surface area (Å²) in [6.07, 6.45) is 7.12. The summed E-state index contributed by atoms with van der Waals surface area (Å²) in [5, 5.41) is 2.83. The average Bonchev–Trinajstić information content (AvgIpc) is 2.70. The van der Waals surface area contributed by atoms with Crippen LogP contribution in [-0.2, 0) is 9.53 Å². The summed E-state index contributed by atoms with van der Waals surface area (Å²) in [7, 11) is 0. The van der Waals surface area contributed by atoms with E-state index in [-0.39, 0.29) is 17.9 Å². The minimum Gasteiger partial charge on any atom is -0.379 e. The van der Waals surface area contributed by atoms with E-state index in [1.807, 2.05) is 18.2 Å². The molecule has 0 aromatic rings. The minimum absolute atomic E-state index is 0.0274. The molecule has 0 aromatic heterocycles. The number of ether oxygens (including phenoxy) is 1. The summed E-state index contributed by atoms with van der Waals surface area (Å²) in [5.41, 5.74) is 5.67. The number of carbonyl (C=O) groups excluding carboxylic acids is 1. The smallest absolute Gasteiger partial charge is 0.227 e. The molecule has 0 aromatic carbocycles. The molecule has 90 valence electrons. The molecule has 0 radical (unpaired) electrons. The van der Waals surface area contributed by atoms with Crippen LogP contribution in [0.2, 0.25) is 0 Å². The molecule has 0 aliphatic heterocycles. The molecular weight excluding hydrogens is 204 g/mol. The molecule has 1 aliphatic carbocycles. The van der Waals surface area contributed by atoms with Gasteiger partial charge in [0.05, 0.1) is 19.1 Å². The first-order valence-corrected chi connectivity index (χ1v) is 5.64. The third-order valence-corrected chi connectivity index (χ3v) is 2.47. The van der Waals surface area contributed by atoms with Crippen LogP contribution < -0.4 is 11.1 Å². The van der Waals surface area contributed by atoms with Crippen molar-refractivity contribution in [3.05, 3.63) is 24.8 Å². The van der Waals surface area contributed by atoms with E-state index in [1.54, 1.807) is 0 Å². The van der Waals surface area contributed by atoms with E-state index < -0.39 is 0 Å². The summed E-state index contributed by atoms with van der Waals surface area (Å²) in [6.45, 7) is 5.35. The Bertz CT molecular complexity index is 264. The zero-order chi connectivity index (χ0) is 11.8. The summed E-state index contributed by atoms with van der Waals surface area (Å²) in [4.78, 5) is 11.6. The number of rotatable bonds is 7. The van der Waals surface area contributed by atoms with Crippen molar-refractivity contribution in [3.63, 3.8) is 0 Å². The predicted octanol–water partition coefficient (Wildman–Crippen LogP) is 0.599. The van der Waals surface area contributed by atoms with Crippen molar-refractivity contribution in [1.29, 1.82) is 0 Å². The maximum absolute atomic E-state index is 11.6. The van der Waals surface area contributed by atoms with Crippen LogP contribution in [0.25, 0.3) is 0 Å². The number of amides is 1. The zero-order valence-corrected chi connectivity index (χ0v) is 9.52. The van der Waals surface area contributed by atoms with Gasteiger partial charge in [-0.05, 0) is 12.8 Å². The van der Waals surface area contributed by atoms with E-state index in [4.69, 9.17) is 10.5 Å². The van der Waals surface area contributed by atoms with Gasteiger partial charge in [-0.1, -0.05) is 18.2 Å². The largest absolute Gasteiger partial charge is 0.379 e. The summed E-state index contributed by atoms with van der Waals surface area (Å²) in [6, 6.07) is 0.0274. The maximum atomic E-state index is 11.6. The quantitative estimate of drug-likeness (QED) is 0.491. The first-order valence-electron chi connectivity index (χ1n) is 5.64. The Morgan fingerprint density at radius 2 is 2.38 bits per heavy atom. The van der Waals surface area contributed by atoms with Gasteiger partial charge in [-0.3, -0.25) is 4.79 Å². The molecule has 4 nitrogen and oxygen atoms in total. The summed E-state index contributed by atoms with van der Waals surface area (Å²) >= 11 is 0. The van der Waals surface area contributed by atoms with Crippen LogP contribution in [0.4, 0.5) is 0 Å². The van der Waals surface area contributed by atoms with Crippen molar-refractivity contribution in [2.45, 2.75) is 18.9 Å². The second kappa shape index (κ2) is 7.19. The lowest BCUT2D eigenvalue weighted by atomic mass is 10.1. The van der Waals surface area contributed by atoms with Gasteiger partial charge in [-0.15, -0.1) is 6.58 Å². The van der Waals surface area contributed by atoms with Crippen molar-refractivity contribution < 1.29 is 9.53 Å². The molecular formula is C12H20N2O2. The van der Waals surface area contributed by atoms with Gasteiger partial charge >= 0.3 is 0 Å². The van der Waals surface area contributed by atoms with Gasteiger partial charge in [0.2, 0.25) is 5.91 Å². The molecule has 0 saturated carbocycles. The Hall–Kier alpha value is -1.13. The van der Waals surface area contributed by atoms with E-state index in [9.17, 15) is 4.79 Å². The molecule has 0 heterocycles. The van der Waals surface area contributed by atoms with E-state index in [0.29, 0.717) is 26.2 Å². The molecule has 1 amide bonds.